The van der Waals surface area contributed by atoms with Gasteiger partial charge in [0, 0.05) is 19.3 Å². The van der Waals surface area contributed by atoms with Crippen LogP contribution in [-0.2, 0) is 4.74 Å². The highest BCUT2D eigenvalue weighted by atomic mass is 16.5. The number of pyridine rings is 1. The second kappa shape index (κ2) is 7.12. The predicted octanol–water partition coefficient (Wildman–Crippen LogP) is 1.78. The van der Waals surface area contributed by atoms with Crippen molar-refractivity contribution in [3.63, 3.8) is 0 Å². The number of aliphatic imine (C=N–C) groups is 1. The van der Waals surface area contributed by atoms with Gasteiger partial charge in [-0.25, -0.2) is 9.98 Å². The first-order chi connectivity index (χ1) is 13.2. The van der Waals surface area contributed by atoms with Gasteiger partial charge in [0.05, 0.1) is 24.5 Å². The molecule has 3 heterocycles. The van der Waals surface area contributed by atoms with Crippen molar-refractivity contribution in [3.8, 4) is 0 Å². The molecule has 0 bridgehead atoms. The van der Waals surface area contributed by atoms with E-state index in [0.29, 0.717) is 48.9 Å². The first-order valence-electron chi connectivity index (χ1n) is 8.56. The Hall–Kier alpha value is -3.33. The van der Waals surface area contributed by atoms with Crippen LogP contribution in [0.25, 0.3) is 0 Å². The van der Waals surface area contributed by atoms with Gasteiger partial charge < -0.3 is 20.7 Å². The number of anilines is 1. The van der Waals surface area contributed by atoms with Crippen LogP contribution in [0, 0.1) is 4.91 Å². The summed E-state index contributed by atoms with van der Waals surface area (Å²) in [4.78, 5) is 33.8. The van der Waals surface area contributed by atoms with Crippen molar-refractivity contribution in [3.05, 3.63) is 58.3 Å². The Morgan fingerprint density at radius 1 is 1.30 bits per heavy atom. The monoisotopic (exact) mass is 366 g/mol. The van der Waals surface area contributed by atoms with E-state index >= 15 is 0 Å². The van der Waals surface area contributed by atoms with Crippen molar-refractivity contribution in [1.29, 1.82) is 0 Å². The fraction of sp³-hybridized carbons (Fsp3) is 0.278. The van der Waals surface area contributed by atoms with E-state index in [2.05, 4.69) is 20.4 Å². The highest BCUT2D eigenvalue weighted by Gasteiger charge is 2.28. The summed E-state index contributed by atoms with van der Waals surface area (Å²) in [6.45, 7) is 2.60. The van der Waals surface area contributed by atoms with Crippen molar-refractivity contribution in [2.45, 2.75) is 6.17 Å². The fourth-order valence-electron chi connectivity index (χ4n) is 3.17. The molecule has 2 aliphatic heterocycles. The normalized spacial score (nSPS) is 18.9. The minimum atomic E-state index is -0.550. The molecule has 9 heteroatoms. The standard InChI is InChI=1S/C18H18N6O3/c19-16(25)12-9-14-15(20-10-12)18(24-4-6-27-7-5-24)22-17(21-14)11-2-1-3-13(8-11)23-26/h1-3,8-10,17,21H,4-7H2,(H2,19,25). The SMILES string of the molecule is NC(=O)c1cnc2c(c1)NC(c1cccc(N=O)c1)N=C2N1CCOCC1. The van der Waals surface area contributed by atoms with Crippen LogP contribution in [0.15, 0.2) is 46.7 Å². The summed E-state index contributed by atoms with van der Waals surface area (Å²) < 4.78 is 5.43. The number of hydrogen-bond acceptors (Lipinski definition) is 8. The predicted molar refractivity (Wildman–Crippen MR) is 99.9 cm³/mol. The minimum Gasteiger partial charge on any atom is -0.378 e. The highest BCUT2D eigenvalue weighted by molar-refractivity contribution is 6.04. The number of aromatic nitrogens is 1. The lowest BCUT2D eigenvalue weighted by Gasteiger charge is -2.34. The van der Waals surface area contributed by atoms with E-state index in [-0.39, 0.29) is 0 Å². The number of carbonyl (C=O) groups is 1. The van der Waals surface area contributed by atoms with Gasteiger partial charge in [0.15, 0.2) is 5.84 Å². The van der Waals surface area contributed by atoms with Crippen LogP contribution in [-0.4, -0.2) is 47.9 Å². The maximum Gasteiger partial charge on any atom is 0.250 e. The quantitative estimate of drug-likeness (QED) is 0.799. The third-order valence-corrected chi connectivity index (χ3v) is 4.53. The van der Waals surface area contributed by atoms with Gasteiger partial charge in [0.25, 0.3) is 0 Å². The lowest BCUT2D eigenvalue weighted by atomic mass is 10.1. The molecule has 1 amide bonds. The van der Waals surface area contributed by atoms with Crippen LogP contribution in [0.3, 0.4) is 0 Å². The van der Waals surface area contributed by atoms with Crippen molar-refractivity contribution < 1.29 is 9.53 Å². The summed E-state index contributed by atoms with van der Waals surface area (Å²) in [5.41, 5.74) is 8.14. The number of rotatable bonds is 3. The van der Waals surface area contributed by atoms with E-state index in [0.717, 1.165) is 11.4 Å². The topological polar surface area (TPSA) is 122 Å². The second-order valence-corrected chi connectivity index (χ2v) is 6.27. The first kappa shape index (κ1) is 17.1. The number of nitrogens with two attached hydrogens (primary N) is 1. The van der Waals surface area contributed by atoms with Crippen molar-refractivity contribution in [2.75, 3.05) is 31.6 Å². The maximum atomic E-state index is 11.6. The van der Waals surface area contributed by atoms with Crippen LogP contribution in [0.1, 0.15) is 27.8 Å². The molecule has 1 atom stereocenters. The number of nitrogens with one attached hydrogen (secondary N) is 1. The molecule has 1 aromatic heterocycles. The molecular formula is C18H18N6O3. The smallest absolute Gasteiger partial charge is 0.250 e. The Balaban J connectivity index is 1.78. The molecule has 0 radical (unpaired) electrons. The molecule has 3 N–H and O–H groups in total. The van der Waals surface area contributed by atoms with Gasteiger partial charge in [-0.3, -0.25) is 4.79 Å². The summed E-state index contributed by atoms with van der Waals surface area (Å²) in [5.74, 6) is 0.170. The lowest BCUT2D eigenvalue weighted by Crippen LogP contribution is -2.43. The lowest BCUT2D eigenvalue weighted by molar-refractivity contribution is 0.0679. The molecule has 1 unspecified atom stereocenters. The summed E-state index contributed by atoms with van der Waals surface area (Å²) in [6, 6.07) is 8.61. The Kier molecular flexibility index (Phi) is 4.51. The molecule has 0 aliphatic carbocycles. The third kappa shape index (κ3) is 3.36. The average Bonchev–Trinajstić information content (AvgIpc) is 2.73. The average molecular weight is 366 g/mol. The summed E-state index contributed by atoms with van der Waals surface area (Å²) in [5, 5.41) is 6.26. The Labute approximate surface area is 155 Å². The molecule has 27 heavy (non-hydrogen) atoms. The number of hydrogen-bond donors (Lipinski definition) is 2. The zero-order valence-corrected chi connectivity index (χ0v) is 14.5. The molecule has 138 valence electrons. The molecule has 0 spiro atoms. The van der Waals surface area contributed by atoms with Gasteiger partial charge in [0.1, 0.15) is 17.5 Å². The number of amides is 1. The van der Waals surface area contributed by atoms with Crippen LogP contribution >= 0.6 is 0 Å². The Bertz CT molecular complexity index is 923. The molecule has 2 aliphatic rings. The van der Waals surface area contributed by atoms with Crippen molar-refractivity contribution in [1.82, 2.24) is 9.88 Å². The number of amidine groups is 1. The zero-order valence-electron chi connectivity index (χ0n) is 14.5. The van der Waals surface area contributed by atoms with Crippen LogP contribution in [0.4, 0.5) is 11.4 Å². The maximum absolute atomic E-state index is 11.6. The number of fused-ring (bicyclic) bond motifs is 1. The molecule has 1 fully saturated rings. The Morgan fingerprint density at radius 2 is 2.11 bits per heavy atom. The van der Waals surface area contributed by atoms with Gasteiger partial charge in [-0.05, 0) is 28.9 Å². The summed E-state index contributed by atoms with van der Waals surface area (Å²) >= 11 is 0. The Morgan fingerprint density at radius 3 is 2.85 bits per heavy atom. The van der Waals surface area contributed by atoms with E-state index in [1.165, 1.54) is 6.20 Å². The van der Waals surface area contributed by atoms with Crippen molar-refractivity contribution >= 4 is 23.1 Å². The fourth-order valence-corrected chi connectivity index (χ4v) is 3.17. The van der Waals surface area contributed by atoms with Gasteiger partial charge in [0.2, 0.25) is 5.91 Å². The van der Waals surface area contributed by atoms with Crippen molar-refractivity contribution in [2.24, 2.45) is 15.9 Å². The molecule has 4 rings (SSSR count). The van der Waals surface area contributed by atoms with Crippen LogP contribution < -0.4 is 11.1 Å². The number of nitrogens with zero attached hydrogens (tertiary/aromatic N) is 4. The highest BCUT2D eigenvalue weighted by Crippen LogP contribution is 2.32. The summed E-state index contributed by atoms with van der Waals surface area (Å²) in [7, 11) is 0. The third-order valence-electron chi connectivity index (χ3n) is 4.53. The molecule has 9 nitrogen and oxygen atoms in total. The van der Waals surface area contributed by atoms with E-state index < -0.39 is 12.1 Å². The summed E-state index contributed by atoms with van der Waals surface area (Å²) in [6.07, 6.45) is 1.01. The van der Waals surface area contributed by atoms with Gasteiger partial charge >= 0.3 is 0 Å². The number of nitroso groups, excluding NO2 is 1. The molecule has 1 aromatic carbocycles. The van der Waals surface area contributed by atoms with Gasteiger partial charge in [-0.1, -0.05) is 12.1 Å². The van der Waals surface area contributed by atoms with E-state index in [9.17, 15) is 9.70 Å². The van der Waals surface area contributed by atoms with Gasteiger partial charge in [-0.15, -0.1) is 4.91 Å². The van der Waals surface area contributed by atoms with E-state index in [4.69, 9.17) is 15.5 Å². The molecular weight excluding hydrogens is 348 g/mol. The number of carbonyl (C=O) groups excluding carboxylic acids is 1. The molecule has 1 saturated heterocycles. The van der Waals surface area contributed by atoms with E-state index in [1.54, 1.807) is 24.3 Å². The number of benzene rings is 1. The number of morpholine rings is 1. The second-order valence-electron chi connectivity index (χ2n) is 6.27. The minimum absolute atomic E-state index is 0.312. The largest absolute Gasteiger partial charge is 0.378 e. The first-order valence-corrected chi connectivity index (χ1v) is 8.56. The molecule has 2 aromatic rings. The van der Waals surface area contributed by atoms with Crippen LogP contribution in [0.5, 0.6) is 0 Å². The number of ether oxygens (including phenoxy) is 1. The molecule has 0 saturated carbocycles. The zero-order chi connectivity index (χ0) is 18.8. The van der Waals surface area contributed by atoms with Gasteiger partial charge in [-0.2, -0.15) is 0 Å². The number of primary amides is 1. The van der Waals surface area contributed by atoms with E-state index in [1.807, 2.05) is 6.07 Å². The van der Waals surface area contributed by atoms with Crippen LogP contribution in [0.2, 0.25) is 0 Å².